The zero-order valence-corrected chi connectivity index (χ0v) is 15.5. The lowest BCUT2D eigenvalue weighted by Gasteiger charge is -2.14. The second kappa shape index (κ2) is 8.26. The van der Waals surface area contributed by atoms with E-state index in [9.17, 15) is 14.9 Å². The molecule has 0 aliphatic carbocycles. The maximum absolute atomic E-state index is 11.8. The third kappa shape index (κ3) is 3.66. The minimum absolute atomic E-state index is 0.0673. The van der Waals surface area contributed by atoms with Crippen molar-refractivity contribution in [2.75, 3.05) is 11.9 Å². The molecule has 2 N–H and O–H groups in total. The Morgan fingerprint density at radius 2 is 2.14 bits per heavy atom. The van der Waals surface area contributed by atoms with Crippen molar-refractivity contribution in [3.8, 4) is 6.07 Å². The molecule has 3 aromatic rings. The Morgan fingerprint density at radius 3 is 2.86 bits per heavy atom. The van der Waals surface area contributed by atoms with E-state index in [1.165, 1.54) is 0 Å². The second-order valence-electron chi connectivity index (χ2n) is 6.07. The number of amides is 2. The number of fused-ring (bicyclic) bond motifs is 1. The van der Waals surface area contributed by atoms with Crippen molar-refractivity contribution in [1.29, 1.82) is 5.26 Å². The number of nitrogens with zero attached hydrogens (tertiary/aromatic N) is 5. The van der Waals surface area contributed by atoms with Gasteiger partial charge in [-0.2, -0.15) is 5.26 Å². The standard InChI is InChI=1S/C19H19N7O2/c1-3-26-15-7-5-4-6-14(15)23-18(26)13(8-20)17-12(2)9-22-19(25-17)24-16(28)10-21-11-27/h4-7,9,11,13H,3,10H2,1-2H3,(H,21,27)(H,22,24,25,28). The van der Waals surface area contributed by atoms with Crippen molar-refractivity contribution in [1.82, 2.24) is 24.8 Å². The lowest BCUT2D eigenvalue weighted by molar-refractivity contribution is -0.118. The van der Waals surface area contributed by atoms with E-state index >= 15 is 0 Å². The fraction of sp³-hybridized carbons (Fsp3) is 0.263. The molecule has 0 spiro atoms. The fourth-order valence-corrected chi connectivity index (χ4v) is 3.00. The minimum atomic E-state index is -0.723. The minimum Gasteiger partial charge on any atom is -0.350 e. The van der Waals surface area contributed by atoms with Crippen LogP contribution in [0.15, 0.2) is 30.5 Å². The van der Waals surface area contributed by atoms with Crippen LogP contribution in [0.4, 0.5) is 5.95 Å². The Labute approximate surface area is 161 Å². The number of carbonyl (C=O) groups excluding carboxylic acids is 2. The zero-order valence-electron chi connectivity index (χ0n) is 15.5. The van der Waals surface area contributed by atoms with Crippen molar-refractivity contribution < 1.29 is 9.59 Å². The molecule has 2 aromatic heterocycles. The van der Waals surface area contributed by atoms with Crippen molar-refractivity contribution in [2.24, 2.45) is 0 Å². The average Bonchev–Trinajstić information content (AvgIpc) is 3.07. The van der Waals surface area contributed by atoms with E-state index in [0.29, 0.717) is 30.0 Å². The highest BCUT2D eigenvalue weighted by atomic mass is 16.2. The number of rotatable bonds is 7. The number of hydrogen-bond donors (Lipinski definition) is 2. The van der Waals surface area contributed by atoms with Crippen LogP contribution in [-0.2, 0) is 16.1 Å². The van der Waals surface area contributed by atoms with E-state index in [-0.39, 0.29) is 12.5 Å². The monoisotopic (exact) mass is 377 g/mol. The highest BCUT2D eigenvalue weighted by Crippen LogP contribution is 2.28. The third-order valence-corrected chi connectivity index (χ3v) is 4.27. The second-order valence-corrected chi connectivity index (χ2v) is 6.07. The molecule has 1 unspecified atom stereocenters. The third-order valence-electron chi connectivity index (χ3n) is 4.27. The summed E-state index contributed by atoms with van der Waals surface area (Å²) in [5, 5.41) is 14.7. The molecule has 0 saturated carbocycles. The van der Waals surface area contributed by atoms with Crippen LogP contribution in [0.3, 0.4) is 0 Å². The number of nitrogens with one attached hydrogen (secondary N) is 2. The van der Waals surface area contributed by atoms with Crippen LogP contribution in [0, 0.1) is 18.3 Å². The summed E-state index contributed by atoms with van der Waals surface area (Å²) in [5.41, 5.74) is 2.94. The Bertz CT molecular complexity index is 1070. The first kappa shape index (κ1) is 19.0. The van der Waals surface area contributed by atoms with Crippen LogP contribution in [0.5, 0.6) is 0 Å². The first-order valence-corrected chi connectivity index (χ1v) is 8.74. The van der Waals surface area contributed by atoms with Crippen LogP contribution in [0.25, 0.3) is 11.0 Å². The topological polar surface area (TPSA) is 126 Å². The molecule has 2 amide bonds. The molecule has 142 valence electrons. The van der Waals surface area contributed by atoms with Crippen molar-refractivity contribution >= 4 is 29.3 Å². The summed E-state index contributed by atoms with van der Waals surface area (Å²) in [6.07, 6.45) is 1.98. The van der Waals surface area contributed by atoms with Crippen LogP contribution in [0.2, 0.25) is 0 Å². The molecule has 0 bridgehead atoms. The normalized spacial score (nSPS) is 11.6. The van der Waals surface area contributed by atoms with E-state index in [1.54, 1.807) is 13.1 Å². The molecule has 0 fully saturated rings. The fourth-order valence-electron chi connectivity index (χ4n) is 3.00. The van der Waals surface area contributed by atoms with Gasteiger partial charge in [0.1, 0.15) is 11.7 Å². The van der Waals surface area contributed by atoms with Crippen LogP contribution in [-0.4, -0.2) is 38.4 Å². The molecular weight excluding hydrogens is 358 g/mol. The molecule has 0 radical (unpaired) electrons. The van der Waals surface area contributed by atoms with Gasteiger partial charge < -0.3 is 9.88 Å². The Kier molecular flexibility index (Phi) is 5.60. The molecular formula is C19H19N7O2. The molecule has 1 atom stereocenters. The highest BCUT2D eigenvalue weighted by Gasteiger charge is 2.25. The Balaban J connectivity index is 2.01. The van der Waals surface area contributed by atoms with Gasteiger partial charge in [-0.3, -0.25) is 14.9 Å². The van der Waals surface area contributed by atoms with Crippen LogP contribution < -0.4 is 10.6 Å². The Morgan fingerprint density at radius 1 is 1.36 bits per heavy atom. The number of imidazole rings is 1. The molecule has 0 saturated heterocycles. The number of benzene rings is 1. The van der Waals surface area contributed by atoms with E-state index in [4.69, 9.17) is 0 Å². The average molecular weight is 377 g/mol. The number of aromatic nitrogens is 4. The van der Waals surface area contributed by atoms with Gasteiger partial charge >= 0.3 is 0 Å². The van der Waals surface area contributed by atoms with Crippen molar-refractivity contribution in [3.63, 3.8) is 0 Å². The van der Waals surface area contributed by atoms with Crippen molar-refractivity contribution in [2.45, 2.75) is 26.3 Å². The molecule has 9 nitrogen and oxygen atoms in total. The van der Waals surface area contributed by atoms with Crippen molar-refractivity contribution in [3.05, 3.63) is 47.5 Å². The van der Waals surface area contributed by atoms with Crippen LogP contribution in [0.1, 0.15) is 29.9 Å². The summed E-state index contributed by atoms with van der Waals surface area (Å²) in [4.78, 5) is 35.2. The van der Waals surface area contributed by atoms with Gasteiger partial charge in [0.15, 0.2) is 0 Å². The van der Waals surface area contributed by atoms with E-state index < -0.39 is 11.8 Å². The molecule has 9 heteroatoms. The first-order valence-electron chi connectivity index (χ1n) is 8.74. The van der Waals surface area contributed by atoms with Gasteiger partial charge in [0.2, 0.25) is 18.3 Å². The molecule has 28 heavy (non-hydrogen) atoms. The SMILES string of the molecule is CCn1c(C(C#N)c2nc(NC(=O)CNC=O)ncc2C)nc2ccccc21. The van der Waals surface area contributed by atoms with Gasteiger partial charge in [-0.15, -0.1) is 0 Å². The Hall–Kier alpha value is -3.80. The van der Waals surface area contributed by atoms with Gasteiger partial charge in [-0.25, -0.2) is 15.0 Å². The number of nitriles is 1. The highest BCUT2D eigenvalue weighted by molar-refractivity contribution is 5.91. The smallest absolute Gasteiger partial charge is 0.246 e. The van der Waals surface area contributed by atoms with E-state index in [2.05, 4.69) is 31.7 Å². The predicted molar refractivity (Wildman–Crippen MR) is 102 cm³/mol. The summed E-state index contributed by atoms with van der Waals surface area (Å²) in [7, 11) is 0. The van der Waals surface area contributed by atoms with E-state index in [1.807, 2.05) is 35.8 Å². The molecule has 0 aliphatic heterocycles. The summed E-state index contributed by atoms with van der Waals surface area (Å²) in [6, 6.07) is 9.97. The van der Waals surface area contributed by atoms with Gasteiger partial charge in [-0.1, -0.05) is 12.1 Å². The molecule has 2 heterocycles. The lowest BCUT2D eigenvalue weighted by atomic mass is 10.0. The number of para-hydroxylation sites is 2. The quantitative estimate of drug-likeness (QED) is 0.601. The maximum atomic E-state index is 11.8. The van der Waals surface area contributed by atoms with Crippen LogP contribution >= 0.6 is 0 Å². The number of hydrogen-bond acceptors (Lipinski definition) is 6. The lowest BCUT2D eigenvalue weighted by Crippen LogP contribution is -2.28. The summed E-state index contributed by atoms with van der Waals surface area (Å²) >= 11 is 0. The summed E-state index contributed by atoms with van der Waals surface area (Å²) in [6.45, 7) is 4.26. The zero-order chi connectivity index (χ0) is 20.1. The van der Waals surface area contributed by atoms with Gasteiger partial charge in [0.05, 0.1) is 29.3 Å². The largest absolute Gasteiger partial charge is 0.350 e. The summed E-state index contributed by atoms with van der Waals surface area (Å²) in [5.74, 6) is -0.527. The molecule has 1 aromatic carbocycles. The van der Waals surface area contributed by atoms with Gasteiger partial charge in [0.25, 0.3) is 0 Å². The van der Waals surface area contributed by atoms with Gasteiger partial charge in [0, 0.05) is 12.7 Å². The molecule has 3 rings (SSSR count). The number of anilines is 1. The number of aryl methyl sites for hydroxylation is 2. The van der Waals surface area contributed by atoms with E-state index in [0.717, 1.165) is 11.0 Å². The molecule has 0 aliphatic rings. The predicted octanol–water partition coefficient (Wildman–Crippen LogP) is 1.49. The first-order chi connectivity index (χ1) is 13.6. The maximum Gasteiger partial charge on any atom is 0.246 e. The summed E-state index contributed by atoms with van der Waals surface area (Å²) < 4.78 is 1.98. The van der Waals surface area contributed by atoms with Gasteiger partial charge in [-0.05, 0) is 31.5 Å². The number of carbonyl (C=O) groups is 2.